The van der Waals surface area contributed by atoms with Gasteiger partial charge in [-0.05, 0) is 18.2 Å². The van der Waals surface area contributed by atoms with Gasteiger partial charge in [-0.3, -0.25) is 9.78 Å². The van der Waals surface area contributed by atoms with Gasteiger partial charge in [0.05, 0.1) is 16.1 Å². The van der Waals surface area contributed by atoms with Gasteiger partial charge in [0.2, 0.25) is 0 Å². The molecule has 0 aliphatic rings. The molecule has 2 aromatic heterocycles. The topological polar surface area (TPSA) is 67.3 Å². The molecule has 0 fully saturated rings. The second kappa shape index (κ2) is 4.24. The monoisotopic (exact) mass is 233 g/mol. The molecule has 2 aromatic rings. The van der Waals surface area contributed by atoms with Crippen LogP contribution >= 0.6 is 11.3 Å². The van der Waals surface area contributed by atoms with Crippen molar-refractivity contribution in [2.24, 2.45) is 0 Å². The number of carbonyl (C=O) groups is 2. The van der Waals surface area contributed by atoms with Gasteiger partial charge < -0.3 is 5.11 Å². The molecule has 0 spiro atoms. The molecule has 0 bridgehead atoms. The molecule has 0 aromatic carbocycles. The van der Waals surface area contributed by atoms with Gasteiger partial charge in [-0.25, -0.2) is 4.79 Å². The Morgan fingerprint density at radius 3 is 2.75 bits per heavy atom. The number of carboxylic acid groups (broad SMARTS) is 1. The van der Waals surface area contributed by atoms with E-state index >= 15 is 0 Å². The summed E-state index contributed by atoms with van der Waals surface area (Å²) in [5.41, 5.74) is 1.63. The van der Waals surface area contributed by atoms with Crippen molar-refractivity contribution in [3.05, 3.63) is 40.2 Å². The maximum absolute atomic E-state index is 10.6. The van der Waals surface area contributed by atoms with Crippen LogP contribution in [0.1, 0.15) is 20.0 Å². The van der Waals surface area contributed by atoms with E-state index in [9.17, 15) is 9.59 Å². The Hall–Kier alpha value is -2.01. The van der Waals surface area contributed by atoms with Crippen LogP contribution in [-0.4, -0.2) is 22.3 Å². The van der Waals surface area contributed by atoms with Gasteiger partial charge in [-0.15, -0.1) is 11.3 Å². The predicted molar refractivity (Wildman–Crippen MR) is 59.9 cm³/mol. The van der Waals surface area contributed by atoms with E-state index in [1.807, 2.05) is 5.38 Å². The summed E-state index contributed by atoms with van der Waals surface area (Å²) in [5.74, 6) is -1.00. The second-order valence-corrected chi connectivity index (χ2v) is 4.04. The zero-order chi connectivity index (χ0) is 11.5. The van der Waals surface area contributed by atoms with Crippen LogP contribution in [0.2, 0.25) is 0 Å². The molecule has 5 heteroatoms. The van der Waals surface area contributed by atoms with Gasteiger partial charge in [0.1, 0.15) is 0 Å². The van der Waals surface area contributed by atoms with Gasteiger partial charge in [-0.2, -0.15) is 0 Å². The van der Waals surface area contributed by atoms with Crippen molar-refractivity contribution in [3.8, 4) is 11.3 Å². The molecule has 0 aliphatic heterocycles. The summed E-state index contributed by atoms with van der Waals surface area (Å²) >= 11 is 1.33. The number of aldehydes is 1. The van der Waals surface area contributed by atoms with Gasteiger partial charge in [0.15, 0.2) is 6.29 Å². The minimum Gasteiger partial charge on any atom is -0.478 e. The normalized spacial score (nSPS) is 10.0. The third-order valence-corrected chi connectivity index (χ3v) is 2.90. The minimum atomic E-state index is -1.00. The first-order valence-corrected chi connectivity index (χ1v) is 5.32. The lowest BCUT2D eigenvalue weighted by atomic mass is 10.2. The molecular weight excluding hydrogens is 226 g/mol. The lowest BCUT2D eigenvalue weighted by Gasteiger charge is -1.97. The molecule has 80 valence electrons. The van der Waals surface area contributed by atoms with Crippen molar-refractivity contribution in [2.45, 2.75) is 0 Å². The first-order valence-electron chi connectivity index (χ1n) is 4.44. The number of nitrogens with zero attached hydrogens (tertiary/aromatic N) is 1. The van der Waals surface area contributed by atoms with Crippen molar-refractivity contribution in [1.29, 1.82) is 0 Å². The van der Waals surface area contributed by atoms with E-state index in [2.05, 4.69) is 4.98 Å². The average molecular weight is 233 g/mol. The summed E-state index contributed by atoms with van der Waals surface area (Å²) in [6, 6.07) is 4.84. The smallest absolute Gasteiger partial charge is 0.337 e. The molecule has 0 saturated carbocycles. The Morgan fingerprint density at radius 2 is 2.25 bits per heavy atom. The van der Waals surface area contributed by atoms with Crippen LogP contribution in [0.25, 0.3) is 11.3 Å². The van der Waals surface area contributed by atoms with Crippen LogP contribution in [0.3, 0.4) is 0 Å². The van der Waals surface area contributed by atoms with Crippen LogP contribution in [0.15, 0.2) is 29.8 Å². The Labute approximate surface area is 95.2 Å². The molecule has 0 radical (unpaired) electrons. The van der Waals surface area contributed by atoms with Crippen molar-refractivity contribution < 1.29 is 14.7 Å². The summed E-state index contributed by atoms with van der Waals surface area (Å²) in [6.45, 7) is 0. The van der Waals surface area contributed by atoms with E-state index < -0.39 is 5.97 Å². The van der Waals surface area contributed by atoms with Crippen molar-refractivity contribution in [1.82, 2.24) is 4.98 Å². The zero-order valence-electron chi connectivity index (χ0n) is 8.08. The largest absolute Gasteiger partial charge is 0.478 e. The number of aromatic carboxylic acids is 1. The quantitative estimate of drug-likeness (QED) is 0.826. The molecule has 16 heavy (non-hydrogen) atoms. The highest BCUT2D eigenvalue weighted by Gasteiger charge is 2.06. The number of pyridine rings is 1. The third-order valence-electron chi connectivity index (χ3n) is 2.04. The molecule has 0 unspecified atom stereocenters. The Balaban J connectivity index is 2.34. The van der Waals surface area contributed by atoms with E-state index in [4.69, 9.17) is 5.11 Å². The fourth-order valence-corrected chi connectivity index (χ4v) is 1.94. The summed E-state index contributed by atoms with van der Waals surface area (Å²) < 4.78 is 0. The third kappa shape index (κ3) is 1.99. The summed E-state index contributed by atoms with van der Waals surface area (Å²) in [4.78, 5) is 25.8. The number of carboxylic acids is 1. The number of thiophene rings is 1. The SMILES string of the molecule is O=Cc1cc(-c2ccc(C(=O)O)cn2)cs1. The Kier molecular flexibility index (Phi) is 2.78. The summed E-state index contributed by atoms with van der Waals surface area (Å²) in [7, 11) is 0. The molecular formula is C11H7NO3S. The lowest BCUT2D eigenvalue weighted by Crippen LogP contribution is -1.96. The van der Waals surface area contributed by atoms with Crippen molar-refractivity contribution in [3.63, 3.8) is 0 Å². The second-order valence-electron chi connectivity index (χ2n) is 3.09. The van der Waals surface area contributed by atoms with E-state index in [0.717, 1.165) is 11.8 Å². The number of hydrogen-bond donors (Lipinski definition) is 1. The van der Waals surface area contributed by atoms with Crippen LogP contribution in [-0.2, 0) is 0 Å². The van der Waals surface area contributed by atoms with Gasteiger partial charge in [0.25, 0.3) is 0 Å². The number of aromatic nitrogens is 1. The van der Waals surface area contributed by atoms with E-state index in [1.54, 1.807) is 12.1 Å². The highest BCUT2D eigenvalue weighted by Crippen LogP contribution is 2.22. The van der Waals surface area contributed by atoms with Crippen LogP contribution in [0.5, 0.6) is 0 Å². The molecule has 1 N–H and O–H groups in total. The zero-order valence-corrected chi connectivity index (χ0v) is 8.90. The highest BCUT2D eigenvalue weighted by molar-refractivity contribution is 7.12. The maximum atomic E-state index is 10.6. The molecule has 4 nitrogen and oxygen atoms in total. The lowest BCUT2D eigenvalue weighted by molar-refractivity contribution is 0.0696. The molecule has 2 rings (SSSR count). The van der Waals surface area contributed by atoms with Gasteiger partial charge in [0, 0.05) is 17.1 Å². The highest BCUT2D eigenvalue weighted by atomic mass is 32.1. The average Bonchev–Trinajstić information content (AvgIpc) is 2.77. The molecule has 0 atom stereocenters. The first-order chi connectivity index (χ1) is 7.70. The fraction of sp³-hybridized carbons (Fsp3) is 0. The molecule has 0 aliphatic carbocycles. The summed E-state index contributed by atoms with van der Waals surface area (Å²) in [6.07, 6.45) is 2.08. The molecule has 0 amide bonds. The van der Waals surface area contributed by atoms with Crippen LogP contribution in [0, 0.1) is 0 Å². The van der Waals surface area contributed by atoms with Crippen LogP contribution in [0.4, 0.5) is 0 Å². The van der Waals surface area contributed by atoms with Crippen molar-refractivity contribution >= 4 is 23.6 Å². The van der Waals surface area contributed by atoms with E-state index in [0.29, 0.717) is 10.6 Å². The molecule has 2 heterocycles. The molecule has 0 saturated heterocycles. The van der Waals surface area contributed by atoms with E-state index in [-0.39, 0.29) is 5.56 Å². The predicted octanol–water partition coefficient (Wildman–Crippen LogP) is 2.32. The van der Waals surface area contributed by atoms with Gasteiger partial charge >= 0.3 is 5.97 Å². The summed E-state index contributed by atoms with van der Waals surface area (Å²) in [5, 5.41) is 10.5. The van der Waals surface area contributed by atoms with Gasteiger partial charge in [-0.1, -0.05) is 0 Å². The number of carbonyl (C=O) groups excluding carboxylic acids is 1. The Bertz CT molecular complexity index is 530. The minimum absolute atomic E-state index is 0.148. The van der Waals surface area contributed by atoms with Crippen molar-refractivity contribution in [2.75, 3.05) is 0 Å². The standard InChI is InChI=1S/C11H7NO3S/c13-5-9-3-8(6-16-9)10-2-1-7(4-12-10)11(14)15/h1-6H,(H,14,15). The van der Waals surface area contributed by atoms with Crippen LogP contribution < -0.4 is 0 Å². The number of rotatable bonds is 3. The maximum Gasteiger partial charge on any atom is 0.337 e. The Morgan fingerprint density at radius 1 is 1.44 bits per heavy atom. The van der Waals surface area contributed by atoms with E-state index in [1.165, 1.54) is 23.6 Å². The fourth-order valence-electron chi connectivity index (χ4n) is 1.24. The number of hydrogen-bond acceptors (Lipinski definition) is 4. The first kappa shape index (κ1) is 10.5.